The van der Waals surface area contributed by atoms with Crippen LogP contribution >= 0.6 is 0 Å². The molecule has 0 heterocycles. The Labute approximate surface area is 146 Å². The maximum atomic E-state index is 11.9. The van der Waals surface area contributed by atoms with Gasteiger partial charge in [-0.2, -0.15) is 0 Å². The number of benzene rings is 2. The Balaban J connectivity index is 1.68. The maximum Gasteiger partial charge on any atom is 0.255 e. The molecule has 0 aromatic heterocycles. The fourth-order valence-corrected chi connectivity index (χ4v) is 2.14. The van der Waals surface area contributed by atoms with Crippen molar-refractivity contribution in [3.63, 3.8) is 0 Å². The van der Waals surface area contributed by atoms with Crippen molar-refractivity contribution >= 4 is 17.5 Å². The van der Waals surface area contributed by atoms with Crippen molar-refractivity contribution in [3.8, 4) is 11.5 Å². The molecule has 0 radical (unpaired) electrons. The second-order valence-corrected chi connectivity index (χ2v) is 5.60. The largest absolute Gasteiger partial charge is 0.494 e. The van der Waals surface area contributed by atoms with Gasteiger partial charge in [-0.05, 0) is 55.3 Å². The van der Waals surface area contributed by atoms with Crippen LogP contribution in [0.4, 0.5) is 5.69 Å². The lowest BCUT2D eigenvalue weighted by molar-refractivity contribution is -0.120. The molecule has 0 aliphatic rings. The summed E-state index contributed by atoms with van der Waals surface area (Å²) in [6, 6.07) is 14.5. The number of ether oxygens (including phenoxy) is 2. The van der Waals surface area contributed by atoms with E-state index in [4.69, 9.17) is 15.2 Å². The average molecular weight is 342 g/mol. The van der Waals surface area contributed by atoms with E-state index in [1.54, 1.807) is 24.3 Å². The molecule has 0 spiro atoms. The zero-order chi connectivity index (χ0) is 18.1. The summed E-state index contributed by atoms with van der Waals surface area (Å²) in [6.45, 7) is 2.31. The van der Waals surface area contributed by atoms with E-state index in [2.05, 4.69) is 5.32 Å². The lowest BCUT2D eigenvalue weighted by Crippen LogP contribution is -2.20. The summed E-state index contributed by atoms with van der Waals surface area (Å²) in [4.78, 5) is 22.6. The van der Waals surface area contributed by atoms with Gasteiger partial charge in [0.1, 0.15) is 11.5 Å². The molecule has 0 saturated carbocycles. The topological polar surface area (TPSA) is 90.7 Å². The second kappa shape index (κ2) is 9.32. The van der Waals surface area contributed by atoms with Crippen LogP contribution in [-0.4, -0.2) is 25.0 Å². The van der Waals surface area contributed by atoms with Crippen LogP contribution in [0.3, 0.4) is 0 Å². The molecule has 132 valence electrons. The highest BCUT2D eigenvalue weighted by molar-refractivity contribution is 5.90. The molecule has 0 fully saturated rings. The van der Waals surface area contributed by atoms with Crippen LogP contribution in [0, 0.1) is 6.92 Å². The van der Waals surface area contributed by atoms with Crippen molar-refractivity contribution in [2.75, 3.05) is 18.5 Å². The average Bonchev–Trinajstić information content (AvgIpc) is 2.58. The Bertz CT molecular complexity index is 714. The molecule has 0 aliphatic heterocycles. The second-order valence-electron chi connectivity index (χ2n) is 5.60. The van der Waals surface area contributed by atoms with Gasteiger partial charge in [0.05, 0.1) is 6.61 Å². The number of nitrogens with one attached hydrogen (secondary N) is 1. The number of primary amides is 1. The third-order valence-corrected chi connectivity index (χ3v) is 3.33. The highest BCUT2D eigenvalue weighted by atomic mass is 16.5. The van der Waals surface area contributed by atoms with E-state index >= 15 is 0 Å². The Morgan fingerprint density at radius 1 is 1.04 bits per heavy atom. The SMILES string of the molecule is Cc1cccc(OCCCC(=O)Nc2ccc(OCC(N)=O)cc2)c1. The number of rotatable bonds is 9. The van der Waals surface area contributed by atoms with Gasteiger partial charge in [0.15, 0.2) is 6.61 Å². The Morgan fingerprint density at radius 3 is 2.48 bits per heavy atom. The molecule has 2 amide bonds. The zero-order valence-electron chi connectivity index (χ0n) is 14.2. The van der Waals surface area contributed by atoms with E-state index < -0.39 is 5.91 Å². The number of amides is 2. The zero-order valence-corrected chi connectivity index (χ0v) is 14.2. The summed E-state index contributed by atoms with van der Waals surface area (Å²) in [5.74, 6) is 0.708. The van der Waals surface area contributed by atoms with Crippen LogP contribution in [0.5, 0.6) is 11.5 Å². The highest BCUT2D eigenvalue weighted by Gasteiger charge is 2.04. The summed E-state index contributed by atoms with van der Waals surface area (Å²) in [6.07, 6.45) is 0.991. The van der Waals surface area contributed by atoms with Gasteiger partial charge in [-0.3, -0.25) is 9.59 Å². The number of hydrogen-bond donors (Lipinski definition) is 2. The van der Waals surface area contributed by atoms with Gasteiger partial charge < -0.3 is 20.5 Å². The molecule has 2 rings (SSSR count). The fourth-order valence-electron chi connectivity index (χ4n) is 2.14. The lowest BCUT2D eigenvalue weighted by Gasteiger charge is -2.08. The summed E-state index contributed by atoms with van der Waals surface area (Å²) in [5, 5.41) is 2.80. The van der Waals surface area contributed by atoms with E-state index in [0.717, 1.165) is 11.3 Å². The fraction of sp³-hybridized carbons (Fsp3) is 0.263. The molecule has 2 aromatic carbocycles. The van der Waals surface area contributed by atoms with E-state index in [-0.39, 0.29) is 12.5 Å². The van der Waals surface area contributed by atoms with Gasteiger partial charge in [-0.1, -0.05) is 12.1 Å². The van der Waals surface area contributed by atoms with Crippen LogP contribution in [0.1, 0.15) is 18.4 Å². The highest BCUT2D eigenvalue weighted by Crippen LogP contribution is 2.16. The molecule has 0 saturated heterocycles. The number of hydrogen-bond acceptors (Lipinski definition) is 4. The van der Waals surface area contributed by atoms with E-state index in [1.807, 2.05) is 31.2 Å². The predicted molar refractivity (Wildman–Crippen MR) is 95.7 cm³/mol. The number of carbonyl (C=O) groups is 2. The molecule has 0 unspecified atom stereocenters. The summed E-state index contributed by atoms with van der Waals surface area (Å²) in [5.41, 5.74) is 6.81. The molecule has 25 heavy (non-hydrogen) atoms. The smallest absolute Gasteiger partial charge is 0.255 e. The van der Waals surface area contributed by atoms with Gasteiger partial charge in [0, 0.05) is 12.1 Å². The number of carbonyl (C=O) groups excluding carboxylic acids is 2. The number of anilines is 1. The quantitative estimate of drug-likeness (QED) is 0.686. The van der Waals surface area contributed by atoms with E-state index in [9.17, 15) is 9.59 Å². The van der Waals surface area contributed by atoms with Gasteiger partial charge in [-0.15, -0.1) is 0 Å². The third-order valence-electron chi connectivity index (χ3n) is 3.33. The standard InChI is InChI=1S/C19H22N2O4/c1-14-4-2-5-17(12-14)24-11-3-6-19(23)21-15-7-9-16(10-8-15)25-13-18(20)22/h2,4-5,7-10,12H,3,6,11,13H2,1H3,(H2,20,22)(H,21,23). The van der Waals surface area contributed by atoms with Gasteiger partial charge in [0.25, 0.3) is 5.91 Å². The molecule has 0 bridgehead atoms. The number of aryl methyl sites for hydroxylation is 1. The van der Waals surface area contributed by atoms with Crippen LogP contribution in [0.2, 0.25) is 0 Å². The van der Waals surface area contributed by atoms with Crippen molar-refractivity contribution in [1.29, 1.82) is 0 Å². The van der Waals surface area contributed by atoms with Gasteiger partial charge >= 0.3 is 0 Å². The van der Waals surface area contributed by atoms with Gasteiger partial charge in [-0.25, -0.2) is 0 Å². The predicted octanol–water partition coefficient (Wildman–Crippen LogP) is 2.66. The molecular weight excluding hydrogens is 320 g/mol. The molecule has 2 aromatic rings. The first kappa shape index (κ1) is 18.3. The molecule has 3 N–H and O–H groups in total. The Morgan fingerprint density at radius 2 is 1.80 bits per heavy atom. The monoisotopic (exact) mass is 342 g/mol. The molecule has 6 nitrogen and oxygen atoms in total. The van der Waals surface area contributed by atoms with E-state index in [1.165, 1.54) is 0 Å². The Kier molecular flexibility index (Phi) is 6.83. The third kappa shape index (κ3) is 6.95. The van der Waals surface area contributed by atoms with Crippen molar-refractivity contribution in [2.24, 2.45) is 5.73 Å². The molecule has 6 heteroatoms. The molecule has 0 atom stereocenters. The van der Waals surface area contributed by atoms with Gasteiger partial charge in [0.2, 0.25) is 5.91 Å². The minimum Gasteiger partial charge on any atom is -0.494 e. The summed E-state index contributed by atoms with van der Waals surface area (Å²) in [7, 11) is 0. The first-order valence-electron chi connectivity index (χ1n) is 8.03. The van der Waals surface area contributed by atoms with Crippen LogP contribution in [-0.2, 0) is 9.59 Å². The maximum absolute atomic E-state index is 11.9. The van der Waals surface area contributed by atoms with Crippen molar-refractivity contribution in [3.05, 3.63) is 54.1 Å². The first-order valence-corrected chi connectivity index (χ1v) is 8.03. The summed E-state index contributed by atoms with van der Waals surface area (Å²) < 4.78 is 10.8. The van der Waals surface area contributed by atoms with Crippen molar-refractivity contribution in [2.45, 2.75) is 19.8 Å². The van der Waals surface area contributed by atoms with Crippen LogP contribution in [0.25, 0.3) is 0 Å². The number of nitrogens with two attached hydrogens (primary N) is 1. The minimum atomic E-state index is -0.537. The van der Waals surface area contributed by atoms with Crippen LogP contribution in [0.15, 0.2) is 48.5 Å². The van der Waals surface area contributed by atoms with Crippen LogP contribution < -0.4 is 20.5 Å². The van der Waals surface area contributed by atoms with E-state index in [0.29, 0.717) is 30.9 Å². The Hall–Kier alpha value is -3.02. The van der Waals surface area contributed by atoms with Crippen molar-refractivity contribution in [1.82, 2.24) is 0 Å². The lowest BCUT2D eigenvalue weighted by atomic mass is 10.2. The normalized spacial score (nSPS) is 10.1. The van der Waals surface area contributed by atoms with Crippen molar-refractivity contribution < 1.29 is 19.1 Å². The molecule has 0 aliphatic carbocycles. The minimum absolute atomic E-state index is 0.0846. The molecular formula is C19H22N2O4. The summed E-state index contributed by atoms with van der Waals surface area (Å²) >= 11 is 0. The first-order chi connectivity index (χ1) is 12.0.